The Kier molecular flexibility index (Phi) is 3.41. The first-order chi connectivity index (χ1) is 7.46. The van der Waals surface area contributed by atoms with Gasteiger partial charge in [0.05, 0.1) is 0 Å². The van der Waals surface area contributed by atoms with Crippen LogP contribution in [-0.4, -0.2) is 5.54 Å². The van der Waals surface area contributed by atoms with Gasteiger partial charge in [0, 0.05) is 16.1 Å². The zero-order valence-electron chi connectivity index (χ0n) is 10.3. The molecule has 1 unspecified atom stereocenters. The minimum atomic E-state index is 0.182. The van der Waals surface area contributed by atoms with Crippen LogP contribution in [0.1, 0.15) is 50.8 Å². The third-order valence-corrected chi connectivity index (χ3v) is 3.52. The van der Waals surface area contributed by atoms with Crippen molar-refractivity contribution in [1.82, 2.24) is 5.32 Å². The van der Waals surface area contributed by atoms with Crippen molar-refractivity contribution in [3.63, 3.8) is 0 Å². The molecular weight excluding hydrogens is 262 g/mol. The summed E-state index contributed by atoms with van der Waals surface area (Å²) < 4.78 is 1.19. The van der Waals surface area contributed by atoms with E-state index >= 15 is 0 Å². The van der Waals surface area contributed by atoms with Crippen molar-refractivity contribution in [3.05, 3.63) is 33.8 Å². The van der Waals surface area contributed by atoms with Crippen LogP contribution in [0.4, 0.5) is 0 Å². The van der Waals surface area contributed by atoms with Crippen LogP contribution in [0.25, 0.3) is 0 Å². The maximum Gasteiger partial charge on any atom is 0.0328 e. The van der Waals surface area contributed by atoms with E-state index in [-0.39, 0.29) is 5.54 Å². The van der Waals surface area contributed by atoms with Gasteiger partial charge in [-0.2, -0.15) is 0 Å². The number of benzene rings is 1. The number of fused-ring (bicyclic) bond motifs is 1. The minimum Gasteiger partial charge on any atom is -0.305 e. The largest absolute Gasteiger partial charge is 0.305 e. The Hall–Kier alpha value is -0.340. The average Bonchev–Trinajstić information content (AvgIpc) is 2.17. The Morgan fingerprint density at radius 3 is 2.75 bits per heavy atom. The molecule has 1 aromatic carbocycles. The Morgan fingerprint density at radius 1 is 1.31 bits per heavy atom. The molecule has 1 aliphatic carbocycles. The molecule has 0 fully saturated rings. The van der Waals surface area contributed by atoms with E-state index < -0.39 is 0 Å². The highest BCUT2D eigenvalue weighted by molar-refractivity contribution is 9.10. The molecule has 88 valence electrons. The molecule has 0 bridgehead atoms. The van der Waals surface area contributed by atoms with Crippen LogP contribution < -0.4 is 5.32 Å². The highest BCUT2D eigenvalue weighted by Gasteiger charge is 2.23. The molecule has 1 aliphatic rings. The van der Waals surface area contributed by atoms with Crippen molar-refractivity contribution in [2.24, 2.45) is 0 Å². The molecular formula is C14H20BrN. The van der Waals surface area contributed by atoms with E-state index in [1.807, 2.05) is 0 Å². The van der Waals surface area contributed by atoms with Crippen molar-refractivity contribution in [2.75, 3.05) is 0 Å². The van der Waals surface area contributed by atoms with Crippen LogP contribution >= 0.6 is 15.9 Å². The molecule has 0 radical (unpaired) electrons. The normalized spacial score (nSPS) is 20.6. The minimum absolute atomic E-state index is 0.182. The van der Waals surface area contributed by atoms with Crippen LogP contribution in [0.2, 0.25) is 0 Å². The van der Waals surface area contributed by atoms with Gasteiger partial charge in [-0.3, -0.25) is 0 Å². The monoisotopic (exact) mass is 281 g/mol. The number of rotatable bonds is 1. The van der Waals surface area contributed by atoms with Gasteiger partial charge in [-0.1, -0.05) is 22.0 Å². The maximum absolute atomic E-state index is 3.72. The van der Waals surface area contributed by atoms with E-state index in [4.69, 9.17) is 0 Å². The van der Waals surface area contributed by atoms with Crippen LogP contribution in [-0.2, 0) is 6.42 Å². The third kappa shape index (κ3) is 2.86. The van der Waals surface area contributed by atoms with E-state index in [9.17, 15) is 0 Å². The molecule has 2 heteroatoms. The van der Waals surface area contributed by atoms with Gasteiger partial charge < -0.3 is 5.32 Å². The fraction of sp³-hybridized carbons (Fsp3) is 0.571. The maximum atomic E-state index is 3.72. The Labute approximate surface area is 107 Å². The SMILES string of the molecule is CC(C)(C)NC1CCCc2ccc(Br)cc21. The van der Waals surface area contributed by atoms with Gasteiger partial charge in [0.2, 0.25) is 0 Å². The topological polar surface area (TPSA) is 12.0 Å². The van der Waals surface area contributed by atoms with Crippen LogP contribution in [0.5, 0.6) is 0 Å². The van der Waals surface area contributed by atoms with Gasteiger partial charge >= 0.3 is 0 Å². The highest BCUT2D eigenvalue weighted by atomic mass is 79.9. The molecule has 0 amide bonds. The summed E-state index contributed by atoms with van der Waals surface area (Å²) in [7, 11) is 0. The number of halogens is 1. The predicted molar refractivity (Wildman–Crippen MR) is 72.7 cm³/mol. The smallest absolute Gasteiger partial charge is 0.0328 e. The first-order valence-corrected chi connectivity index (χ1v) is 6.81. The molecule has 0 aliphatic heterocycles. The molecule has 0 saturated heterocycles. The second-order valence-electron chi connectivity index (χ2n) is 5.68. The van der Waals surface area contributed by atoms with Crippen molar-refractivity contribution < 1.29 is 0 Å². The average molecular weight is 282 g/mol. The van der Waals surface area contributed by atoms with Gasteiger partial charge in [0.1, 0.15) is 0 Å². The summed E-state index contributed by atoms with van der Waals surface area (Å²) in [5.74, 6) is 0. The van der Waals surface area contributed by atoms with Crippen molar-refractivity contribution >= 4 is 15.9 Å². The number of hydrogen-bond acceptors (Lipinski definition) is 1. The summed E-state index contributed by atoms with van der Waals surface area (Å²) in [5, 5.41) is 3.72. The van der Waals surface area contributed by atoms with Gasteiger partial charge in [-0.05, 0) is 63.3 Å². The Bertz CT molecular complexity index is 379. The number of aryl methyl sites for hydroxylation is 1. The summed E-state index contributed by atoms with van der Waals surface area (Å²) in [6.45, 7) is 6.71. The molecule has 1 aromatic rings. The fourth-order valence-electron chi connectivity index (χ4n) is 2.44. The summed E-state index contributed by atoms with van der Waals surface area (Å²) in [6.07, 6.45) is 3.77. The Morgan fingerprint density at radius 2 is 2.06 bits per heavy atom. The zero-order chi connectivity index (χ0) is 11.8. The lowest BCUT2D eigenvalue weighted by molar-refractivity contribution is 0.336. The van der Waals surface area contributed by atoms with Crippen LogP contribution in [0.3, 0.4) is 0 Å². The van der Waals surface area contributed by atoms with E-state index in [1.54, 1.807) is 0 Å². The van der Waals surface area contributed by atoms with Crippen molar-refractivity contribution in [1.29, 1.82) is 0 Å². The molecule has 16 heavy (non-hydrogen) atoms. The summed E-state index contributed by atoms with van der Waals surface area (Å²) >= 11 is 3.57. The molecule has 1 atom stereocenters. The molecule has 0 aromatic heterocycles. The standard InChI is InChI=1S/C14H20BrN/c1-14(2,3)16-13-6-4-5-10-7-8-11(15)9-12(10)13/h7-9,13,16H,4-6H2,1-3H3. The van der Waals surface area contributed by atoms with E-state index in [1.165, 1.54) is 34.9 Å². The van der Waals surface area contributed by atoms with E-state index in [0.29, 0.717) is 6.04 Å². The second kappa shape index (κ2) is 4.50. The van der Waals surface area contributed by atoms with Crippen molar-refractivity contribution in [2.45, 2.75) is 51.6 Å². The summed E-state index contributed by atoms with van der Waals surface area (Å²) in [6, 6.07) is 7.20. The van der Waals surface area contributed by atoms with Gasteiger partial charge in [-0.25, -0.2) is 0 Å². The fourth-order valence-corrected chi connectivity index (χ4v) is 2.82. The number of hydrogen-bond donors (Lipinski definition) is 1. The molecule has 0 spiro atoms. The highest BCUT2D eigenvalue weighted by Crippen LogP contribution is 2.32. The molecule has 1 N–H and O–H groups in total. The molecule has 0 saturated carbocycles. The van der Waals surface area contributed by atoms with E-state index in [0.717, 1.165) is 0 Å². The lowest BCUT2D eigenvalue weighted by Gasteiger charge is -2.33. The second-order valence-corrected chi connectivity index (χ2v) is 6.60. The molecule has 2 rings (SSSR count). The first kappa shape index (κ1) is 12.1. The third-order valence-electron chi connectivity index (χ3n) is 3.03. The molecule has 1 nitrogen and oxygen atoms in total. The lowest BCUT2D eigenvalue weighted by atomic mass is 9.86. The Balaban J connectivity index is 2.28. The summed E-state index contributed by atoms with van der Waals surface area (Å²) in [4.78, 5) is 0. The van der Waals surface area contributed by atoms with Crippen LogP contribution in [0, 0.1) is 0 Å². The molecule has 0 heterocycles. The van der Waals surface area contributed by atoms with Crippen molar-refractivity contribution in [3.8, 4) is 0 Å². The van der Waals surface area contributed by atoms with Gasteiger partial charge in [-0.15, -0.1) is 0 Å². The summed E-state index contributed by atoms with van der Waals surface area (Å²) in [5.41, 5.74) is 3.17. The van der Waals surface area contributed by atoms with E-state index in [2.05, 4.69) is 60.2 Å². The zero-order valence-corrected chi connectivity index (χ0v) is 11.9. The van der Waals surface area contributed by atoms with Gasteiger partial charge in [0.15, 0.2) is 0 Å². The predicted octanol–water partition coefficient (Wildman–Crippen LogP) is 4.21. The lowest BCUT2D eigenvalue weighted by Crippen LogP contribution is -2.40. The van der Waals surface area contributed by atoms with Gasteiger partial charge in [0.25, 0.3) is 0 Å². The number of nitrogens with one attached hydrogen (secondary N) is 1. The first-order valence-electron chi connectivity index (χ1n) is 6.02. The quantitative estimate of drug-likeness (QED) is 0.813. The van der Waals surface area contributed by atoms with Crippen LogP contribution in [0.15, 0.2) is 22.7 Å².